The number of hydrogen-bond donors (Lipinski definition) is 0. The molecule has 0 radical (unpaired) electrons. The van der Waals surface area contributed by atoms with Crippen molar-refractivity contribution in [1.29, 1.82) is 0 Å². The van der Waals surface area contributed by atoms with Gasteiger partial charge in [0.1, 0.15) is 0 Å². The number of benzene rings is 8. The van der Waals surface area contributed by atoms with Gasteiger partial charge in [0, 0.05) is 23.1 Å². The number of rotatable bonds is 6. The van der Waals surface area contributed by atoms with E-state index in [1.165, 1.54) is 72.3 Å². The monoisotopic (exact) mass is 747 g/mol. The summed E-state index contributed by atoms with van der Waals surface area (Å²) in [4.78, 5) is 2.37. The molecule has 3 aliphatic rings. The van der Waals surface area contributed by atoms with E-state index in [-0.39, 0.29) is 0 Å². The number of anilines is 2. The molecule has 0 atom stereocenters. The van der Waals surface area contributed by atoms with Crippen LogP contribution in [0.1, 0.15) is 54.2 Å². The van der Waals surface area contributed by atoms with Crippen LogP contribution in [0, 0.1) is 0 Å². The molecule has 278 valence electrons. The lowest BCUT2D eigenvalue weighted by Crippen LogP contribution is -2.25. The Labute approximate surface area is 340 Å². The highest BCUT2D eigenvalue weighted by Gasteiger charge is 2.52. The lowest BCUT2D eigenvalue weighted by molar-refractivity contribution is 0.359. The third-order valence-electron chi connectivity index (χ3n) is 12.5. The molecule has 3 nitrogen and oxygen atoms in total. The maximum atomic E-state index is 6.93. The summed E-state index contributed by atoms with van der Waals surface area (Å²) in [5, 5.41) is 0. The smallest absolute Gasteiger partial charge is 0.172 e. The van der Waals surface area contributed by atoms with Crippen LogP contribution in [0.4, 0.5) is 11.4 Å². The number of ether oxygens (including phenoxy) is 2. The zero-order chi connectivity index (χ0) is 39.0. The summed E-state index contributed by atoms with van der Waals surface area (Å²) < 4.78 is 13.8. The Kier molecular flexibility index (Phi) is 7.81. The Bertz CT molecular complexity index is 2920. The number of aryl methyl sites for hydroxylation is 1. The fourth-order valence-electron chi connectivity index (χ4n) is 9.70. The Morgan fingerprint density at radius 3 is 1.66 bits per heavy atom. The largest absolute Gasteiger partial charge is 0.449 e. The van der Waals surface area contributed by atoms with Gasteiger partial charge in [-0.25, -0.2) is 0 Å². The molecule has 58 heavy (non-hydrogen) atoms. The maximum absolute atomic E-state index is 6.93. The van der Waals surface area contributed by atoms with Crippen LogP contribution in [0.15, 0.2) is 188 Å². The predicted molar refractivity (Wildman–Crippen MR) is 237 cm³/mol. The fraction of sp³-hybridized carbons (Fsp3) is 0.0909. The first kappa shape index (κ1) is 34.2. The highest BCUT2D eigenvalue weighted by molar-refractivity contribution is 5.96. The molecule has 1 heterocycles. The topological polar surface area (TPSA) is 21.7 Å². The van der Waals surface area contributed by atoms with Crippen molar-refractivity contribution < 1.29 is 9.47 Å². The van der Waals surface area contributed by atoms with E-state index in [9.17, 15) is 0 Å². The van der Waals surface area contributed by atoms with Crippen molar-refractivity contribution in [3.05, 3.63) is 221 Å². The molecule has 0 saturated heterocycles. The molecular formula is C55H41NO2. The second-order valence-corrected chi connectivity index (χ2v) is 15.6. The Balaban J connectivity index is 1.05. The van der Waals surface area contributed by atoms with Gasteiger partial charge in [-0.2, -0.15) is 0 Å². The Hall–Kier alpha value is -7.10. The molecule has 8 aromatic rings. The van der Waals surface area contributed by atoms with Crippen LogP contribution in [0.3, 0.4) is 0 Å². The van der Waals surface area contributed by atoms with Crippen LogP contribution in [0.25, 0.3) is 39.0 Å². The van der Waals surface area contributed by atoms with Gasteiger partial charge in [0.15, 0.2) is 23.0 Å². The standard InChI is InChI=1S/C55H41NO2/c1-4-37-29-40(39-19-9-6-10-20-39)31-42(30-37)56(36(3)35(2)38-17-7-5-8-18-38)41-27-28-51-52(32-41)58-53-33-46-45-23-13-16-26-49(45)55(50(46)34-54(53)57-51)47-24-14-11-21-43(47)44-22-12-15-25-48(44)55/h5-34H,4H2,1-3H3/b36-35-. The van der Waals surface area contributed by atoms with Crippen molar-refractivity contribution in [2.75, 3.05) is 4.90 Å². The molecule has 0 aromatic heterocycles. The van der Waals surface area contributed by atoms with Gasteiger partial charge in [-0.3, -0.25) is 0 Å². The molecule has 8 aromatic carbocycles. The van der Waals surface area contributed by atoms with Gasteiger partial charge >= 0.3 is 0 Å². The number of hydrogen-bond acceptors (Lipinski definition) is 3. The minimum atomic E-state index is -0.450. The molecule has 0 saturated carbocycles. The normalized spacial score (nSPS) is 13.8. The molecule has 2 aliphatic carbocycles. The molecule has 0 fully saturated rings. The van der Waals surface area contributed by atoms with Crippen LogP contribution >= 0.6 is 0 Å². The van der Waals surface area contributed by atoms with E-state index in [0.717, 1.165) is 29.2 Å². The summed E-state index contributed by atoms with van der Waals surface area (Å²) in [6.45, 7) is 6.64. The zero-order valence-electron chi connectivity index (χ0n) is 32.8. The minimum absolute atomic E-state index is 0.450. The molecule has 3 heteroatoms. The third kappa shape index (κ3) is 5.06. The van der Waals surface area contributed by atoms with Crippen molar-refractivity contribution >= 4 is 16.9 Å². The Morgan fingerprint density at radius 2 is 1.00 bits per heavy atom. The second kappa shape index (κ2) is 13.2. The van der Waals surface area contributed by atoms with Gasteiger partial charge in [-0.15, -0.1) is 0 Å². The number of allylic oxidation sites excluding steroid dienone is 2. The summed E-state index contributed by atoms with van der Waals surface area (Å²) in [6, 6.07) is 65.6. The summed E-state index contributed by atoms with van der Waals surface area (Å²) >= 11 is 0. The van der Waals surface area contributed by atoms with Crippen LogP contribution in [-0.2, 0) is 11.8 Å². The average molecular weight is 748 g/mol. The van der Waals surface area contributed by atoms with Gasteiger partial charge in [0.2, 0.25) is 0 Å². The maximum Gasteiger partial charge on any atom is 0.172 e. The molecule has 1 aliphatic heterocycles. The summed E-state index contributed by atoms with van der Waals surface area (Å²) in [7, 11) is 0. The zero-order valence-corrected chi connectivity index (χ0v) is 32.8. The van der Waals surface area contributed by atoms with E-state index >= 15 is 0 Å². The fourth-order valence-corrected chi connectivity index (χ4v) is 9.70. The van der Waals surface area contributed by atoms with E-state index in [2.05, 4.69) is 208 Å². The average Bonchev–Trinajstić information content (AvgIpc) is 3.74. The van der Waals surface area contributed by atoms with Crippen LogP contribution in [-0.4, -0.2) is 0 Å². The molecule has 0 amide bonds. The van der Waals surface area contributed by atoms with Crippen LogP contribution in [0.2, 0.25) is 0 Å². The first-order valence-electron chi connectivity index (χ1n) is 20.2. The van der Waals surface area contributed by atoms with E-state index in [0.29, 0.717) is 17.2 Å². The van der Waals surface area contributed by atoms with Crippen molar-refractivity contribution in [2.24, 2.45) is 0 Å². The molecule has 0 N–H and O–H groups in total. The minimum Gasteiger partial charge on any atom is -0.449 e. The molecule has 11 rings (SSSR count). The van der Waals surface area contributed by atoms with E-state index in [1.54, 1.807) is 0 Å². The summed E-state index contributed by atoms with van der Waals surface area (Å²) in [5.74, 6) is 2.83. The highest BCUT2D eigenvalue weighted by Crippen LogP contribution is 2.64. The molecule has 0 bridgehead atoms. The van der Waals surface area contributed by atoms with Gasteiger partial charge in [0.25, 0.3) is 0 Å². The Morgan fingerprint density at radius 1 is 0.448 bits per heavy atom. The summed E-state index contributed by atoms with van der Waals surface area (Å²) in [5.41, 5.74) is 18.9. The third-order valence-corrected chi connectivity index (χ3v) is 12.5. The van der Waals surface area contributed by atoms with Gasteiger partial charge < -0.3 is 14.4 Å². The van der Waals surface area contributed by atoms with Crippen molar-refractivity contribution in [1.82, 2.24) is 0 Å². The molecular weight excluding hydrogens is 707 g/mol. The molecule has 0 unspecified atom stereocenters. The van der Waals surface area contributed by atoms with Gasteiger partial charge in [-0.1, -0.05) is 146 Å². The van der Waals surface area contributed by atoms with E-state index < -0.39 is 5.41 Å². The summed E-state index contributed by atoms with van der Waals surface area (Å²) in [6.07, 6.45) is 0.922. The second-order valence-electron chi connectivity index (χ2n) is 15.6. The van der Waals surface area contributed by atoms with Crippen LogP contribution < -0.4 is 14.4 Å². The van der Waals surface area contributed by atoms with Crippen LogP contribution in [0.5, 0.6) is 23.0 Å². The number of fused-ring (bicyclic) bond motifs is 12. The van der Waals surface area contributed by atoms with Gasteiger partial charge in [-0.05, 0) is 129 Å². The first-order valence-corrected chi connectivity index (χ1v) is 20.2. The SMILES string of the molecule is CCc1cc(-c2ccccc2)cc(N(/C(C)=C(/C)c2ccccc2)c2ccc3c(c2)Oc2cc4c(cc2O3)C2(c3ccccc3-c3ccccc32)c2ccccc2-4)c1. The van der Waals surface area contributed by atoms with Crippen molar-refractivity contribution in [3.63, 3.8) is 0 Å². The predicted octanol–water partition coefficient (Wildman–Crippen LogP) is 14.7. The van der Waals surface area contributed by atoms with Crippen molar-refractivity contribution in [3.8, 4) is 56.4 Å². The van der Waals surface area contributed by atoms with Crippen molar-refractivity contribution in [2.45, 2.75) is 32.6 Å². The first-order chi connectivity index (χ1) is 28.5. The molecule has 1 spiro atoms. The quantitative estimate of drug-likeness (QED) is 0.169. The van der Waals surface area contributed by atoms with Gasteiger partial charge in [0.05, 0.1) is 5.41 Å². The number of nitrogens with zero attached hydrogens (tertiary/aromatic N) is 1. The lowest BCUT2D eigenvalue weighted by Gasteiger charge is -2.32. The highest BCUT2D eigenvalue weighted by atomic mass is 16.6. The lowest BCUT2D eigenvalue weighted by atomic mass is 9.70. The van der Waals surface area contributed by atoms with E-state index in [1.807, 2.05) is 0 Å². The van der Waals surface area contributed by atoms with E-state index in [4.69, 9.17) is 9.47 Å².